The Morgan fingerprint density at radius 2 is 2.00 bits per heavy atom. The van der Waals surface area contributed by atoms with Gasteiger partial charge in [0.25, 0.3) is 0 Å². The molecular weight excluding hydrogens is 438 g/mol. The van der Waals surface area contributed by atoms with Crippen molar-refractivity contribution in [2.45, 2.75) is 18.6 Å². The lowest BCUT2D eigenvalue weighted by Gasteiger charge is -2.29. The monoisotopic (exact) mass is 459 g/mol. The number of furan rings is 1. The first-order chi connectivity index (χ1) is 16.1. The lowest BCUT2D eigenvalue weighted by Crippen LogP contribution is -2.43. The lowest BCUT2D eigenvalue weighted by molar-refractivity contribution is -0.120. The second-order valence-corrected chi connectivity index (χ2v) is 8.62. The fraction of sp³-hybridized carbons (Fsp3) is 0.167. The van der Waals surface area contributed by atoms with Gasteiger partial charge >= 0.3 is 0 Å². The third-order valence-electron chi connectivity index (χ3n) is 5.28. The zero-order chi connectivity index (χ0) is 22.8. The van der Waals surface area contributed by atoms with Crippen LogP contribution in [0.15, 0.2) is 76.5 Å². The smallest absolute Gasteiger partial charge is 0.244 e. The molecule has 1 N–H and O–H groups in total. The highest BCUT2D eigenvalue weighted by atomic mass is 32.2. The average molecular weight is 460 g/mol. The number of thioether (sulfide) groups is 1. The summed E-state index contributed by atoms with van der Waals surface area (Å²) in [4.78, 5) is 26.7. The normalized spacial score (nSPS) is 13.0. The summed E-state index contributed by atoms with van der Waals surface area (Å²) in [5.41, 5.74) is 3.38. The van der Waals surface area contributed by atoms with Crippen molar-refractivity contribution in [3.8, 4) is 11.4 Å². The number of carbonyl (C=O) groups excluding carboxylic acids is 2. The van der Waals surface area contributed by atoms with E-state index in [-0.39, 0.29) is 24.1 Å². The van der Waals surface area contributed by atoms with Crippen LogP contribution in [0.25, 0.3) is 11.4 Å². The Labute approximate surface area is 194 Å². The van der Waals surface area contributed by atoms with E-state index in [2.05, 4.69) is 15.5 Å². The second kappa shape index (κ2) is 8.95. The summed E-state index contributed by atoms with van der Waals surface area (Å²) in [5, 5.41) is 12.2. The molecule has 2 aromatic carbocycles. The zero-order valence-electron chi connectivity index (χ0n) is 17.9. The van der Waals surface area contributed by atoms with Gasteiger partial charge in [-0.25, -0.2) is 0 Å². The summed E-state index contributed by atoms with van der Waals surface area (Å²) in [6.45, 7) is 2.45. The molecule has 4 aromatic rings. The molecule has 0 radical (unpaired) electrons. The van der Waals surface area contributed by atoms with Gasteiger partial charge in [0.1, 0.15) is 12.3 Å². The Morgan fingerprint density at radius 1 is 1.12 bits per heavy atom. The minimum atomic E-state index is -0.213. The molecule has 8 nitrogen and oxygen atoms in total. The highest BCUT2D eigenvalue weighted by Gasteiger charge is 2.27. The van der Waals surface area contributed by atoms with Gasteiger partial charge in [-0.05, 0) is 37.3 Å². The van der Waals surface area contributed by atoms with Crippen LogP contribution in [-0.4, -0.2) is 38.9 Å². The summed E-state index contributed by atoms with van der Waals surface area (Å²) in [7, 11) is 0. The van der Waals surface area contributed by atoms with E-state index in [4.69, 9.17) is 4.42 Å². The predicted octanol–water partition coefficient (Wildman–Crippen LogP) is 3.97. The molecule has 0 spiro atoms. The van der Waals surface area contributed by atoms with Crippen molar-refractivity contribution in [1.29, 1.82) is 0 Å². The maximum absolute atomic E-state index is 13.1. The number of hydrogen-bond donors (Lipinski definition) is 1. The number of anilines is 2. The van der Waals surface area contributed by atoms with E-state index < -0.39 is 0 Å². The second-order valence-electron chi connectivity index (χ2n) is 7.68. The van der Waals surface area contributed by atoms with Crippen LogP contribution >= 0.6 is 11.8 Å². The van der Waals surface area contributed by atoms with Gasteiger partial charge in [0.05, 0.1) is 29.9 Å². The molecule has 2 amide bonds. The molecular formula is C24H21N5O3S. The van der Waals surface area contributed by atoms with Gasteiger partial charge in [-0.3, -0.25) is 14.2 Å². The van der Waals surface area contributed by atoms with Gasteiger partial charge < -0.3 is 14.6 Å². The van der Waals surface area contributed by atoms with Crippen LogP contribution in [0.2, 0.25) is 0 Å². The molecule has 0 saturated heterocycles. The van der Waals surface area contributed by atoms with Crippen molar-refractivity contribution in [3.63, 3.8) is 0 Å². The molecule has 1 aliphatic heterocycles. The summed E-state index contributed by atoms with van der Waals surface area (Å²) < 4.78 is 7.49. The van der Waals surface area contributed by atoms with Gasteiger partial charge in [-0.1, -0.05) is 47.7 Å². The van der Waals surface area contributed by atoms with Gasteiger partial charge in [-0.2, -0.15) is 0 Å². The first-order valence-electron chi connectivity index (χ1n) is 10.4. The molecule has 2 aromatic heterocycles. The van der Waals surface area contributed by atoms with Crippen LogP contribution in [-0.2, 0) is 16.1 Å². The van der Waals surface area contributed by atoms with E-state index in [1.165, 1.54) is 16.7 Å². The minimum absolute atomic E-state index is 0.00989. The molecule has 0 saturated carbocycles. The first-order valence-corrected chi connectivity index (χ1v) is 11.4. The van der Waals surface area contributed by atoms with E-state index in [1.54, 1.807) is 12.3 Å². The molecule has 0 bridgehead atoms. The first kappa shape index (κ1) is 21.0. The molecule has 0 unspecified atom stereocenters. The average Bonchev–Trinajstić information content (AvgIpc) is 3.47. The van der Waals surface area contributed by atoms with Crippen LogP contribution in [0.5, 0.6) is 0 Å². The number of carbonyl (C=O) groups is 2. The molecule has 3 heterocycles. The van der Waals surface area contributed by atoms with Crippen molar-refractivity contribution in [2.75, 3.05) is 22.5 Å². The van der Waals surface area contributed by atoms with E-state index in [0.717, 1.165) is 16.9 Å². The number of nitrogens with zero attached hydrogens (tertiary/aromatic N) is 4. The van der Waals surface area contributed by atoms with Crippen molar-refractivity contribution >= 4 is 35.0 Å². The number of aromatic nitrogens is 3. The van der Waals surface area contributed by atoms with Crippen LogP contribution in [0.1, 0.15) is 11.3 Å². The number of nitrogens with one attached hydrogen (secondary N) is 1. The van der Waals surface area contributed by atoms with Crippen molar-refractivity contribution in [1.82, 2.24) is 14.8 Å². The molecule has 9 heteroatoms. The van der Waals surface area contributed by atoms with Crippen molar-refractivity contribution in [3.05, 3.63) is 78.3 Å². The van der Waals surface area contributed by atoms with Gasteiger partial charge in [0.15, 0.2) is 11.0 Å². The zero-order valence-corrected chi connectivity index (χ0v) is 18.7. The third kappa shape index (κ3) is 4.40. The standard InChI is InChI=1S/C24H21N5O3S/c1-16-6-4-7-17(12-16)23-26-27-24(29(23)13-18-8-5-11-32-18)33-15-22(31)28-14-21(30)25-19-9-2-3-10-20(19)28/h2-12H,13-15H2,1H3,(H,25,30). The number of aryl methyl sites for hydroxylation is 1. The SMILES string of the molecule is Cc1cccc(-c2nnc(SCC(=O)N3CC(=O)Nc4ccccc43)n2Cc2ccco2)c1. The van der Waals surface area contributed by atoms with Crippen LogP contribution in [0, 0.1) is 6.92 Å². The predicted molar refractivity (Wildman–Crippen MR) is 126 cm³/mol. The maximum atomic E-state index is 13.1. The van der Waals surface area contributed by atoms with E-state index >= 15 is 0 Å². The molecule has 0 aliphatic carbocycles. The van der Waals surface area contributed by atoms with Gasteiger partial charge in [0, 0.05) is 5.56 Å². The van der Waals surface area contributed by atoms with Gasteiger partial charge in [-0.15, -0.1) is 10.2 Å². The lowest BCUT2D eigenvalue weighted by atomic mass is 10.1. The summed E-state index contributed by atoms with van der Waals surface area (Å²) >= 11 is 1.29. The fourth-order valence-corrected chi connectivity index (χ4v) is 4.57. The number of fused-ring (bicyclic) bond motifs is 1. The van der Waals surface area contributed by atoms with Crippen LogP contribution < -0.4 is 10.2 Å². The van der Waals surface area contributed by atoms with Gasteiger partial charge in [0.2, 0.25) is 11.8 Å². The minimum Gasteiger partial charge on any atom is -0.467 e. The topological polar surface area (TPSA) is 93.3 Å². The highest BCUT2D eigenvalue weighted by Crippen LogP contribution is 2.31. The summed E-state index contributed by atoms with van der Waals surface area (Å²) in [5.74, 6) is 1.19. The highest BCUT2D eigenvalue weighted by molar-refractivity contribution is 7.99. The molecule has 0 atom stereocenters. The largest absolute Gasteiger partial charge is 0.467 e. The number of rotatable bonds is 6. The van der Waals surface area contributed by atoms with Crippen LogP contribution in [0.3, 0.4) is 0 Å². The van der Waals surface area contributed by atoms with E-state index in [1.807, 2.05) is 66.1 Å². The Balaban J connectivity index is 1.41. The number of para-hydroxylation sites is 2. The molecule has 0 fully saturated rings. The van der Waals surface area contributed by atoms with Crippen molar-refractivity contribution in [2.24, 2.45) is 0 Å². The Morgan fingerprint density at radius 3 is 2.82 bits per heavy atom. The molecule has 33 heavy (non-hydrogen) atoms. The van der Waals surface area contributed by atoms with Crippen molar-refractivity contribution < 1.29 is 14.0 Å². The van der Waals surface area contributed by atoms with Crippen LogP contribution in [0.4, 0.5) is 11.4 Å². The van der Waals surface area contributed by atoms with E-state index in [0.29, 0.717) is 28.9 Å². The Hall–Kier alpha value is -3.85. The quantitative estimate of drug-likeness (QED) is 0.439. The molecule has 5 rings (SSSR count). The molecule has 166 valence electrons. The van der Waals surface area contributed by atoms with E-state index in [9.17, 15) is 9.59 Å². The Bertz CT molecular complexity index is 1320. The molecule has 1 aliphatic rings. The Kier molecular flexibility index (Phi) is 5.70. The maximum Gasteiger partial charge on any atom is 0.244 e. The number of hydrogen-bond acceptors (Lipinski definition) is 6. The number of amides is 2. The summed E-state index contributed by atoms with van der Waals surface area (Å²) in [6.07, 6.45) is 1.63. The fourth-order valence-electron chi connectivity index (χ4n) is 3.75. The number of benzene rings is 2. The third-order valence-corrected chi connectivity index (χ3v) is 6.24. The summed E-state index contributed by atoms with van der Waals surface area (Å²) in [6, 6.07) is 19.0.